The predicted molar refractivity (Wildman–Crippen MR) is 64.7 cm³/mol. The second-order valence-corrected chi connectivity index (χ2v) is 3.80. The molecule has 0 aromatic heterocycles. The van der Waals surface area contributed by atoms with Crippen LogP contribution in [0, 0.1) is 0 Å². The Kier molecular flexibility index (Phi) is 6.19. The molecule has 16 heavy (non-hydrogen) atoms. The van der Waals surface area contributed by atoms with E-state index in [1.807, 2.05) is 0 Å². The molecule has 0 saturated carbocycles. The van der Waals surface area contributed by atoms with E-state index in [1.165, 1.54) is 13.8 Å². The molecular formula is C8H12N2O4S2. The molecule has 0 aromatic carbocycles. The minimum Gasteiger partial charge on any atom is -0.409 e. The van der Waals surface area contributed by atoms with E-state index in [2.05, 4.69) is 33.9 Å². The Hall–Kier alpha value is -0.960. The van der Waals surface area contributed by atoms with E-state index >= 15 is 0 Å². The van der Waals surface area contributed by atoms with Crippen molar-refractivity contribution in [3.63, 3.8) is 0 Å². The summed E-state index contributed by atoms with van der Waals surface area (Å²) in [6.07, 6.45) is 0. The van der Waals surface area contributed by atoms with Gasteiger partial charge in [0.2, 0.25) is 0 Å². The van der Waals surface area contributed by atoms with Crippen LogP contribution in [0.2, 0.25) is 0 Å². The molecule has 90 valence electrons. The van der Waals surface area contributed by atoms with Crippen LogP contribution >= 0.6 is 24.4 Å². The highest BCUT2D eigenvalue weighted by molar-refractivity contribution is 7.80. The van der Waals surface area contributed by atoms with Gasteiger partial charge in [-0.1, -0.05) is 0 Å². The third kappa shape index (κ3) is 5.21. The van der Waals surface area contributed by atoms with Crippen molar-refractivity contribution in [2.75, 3.05) is 0 Å². The van der Waals surface area contributed by atoms with Crippen LogP contribution in [0.3, 0.4) is 0 Å². The average molecular weight is 264 g/mol. The summed E-state index contributed by atoms with van der Waals surface area (Å²) in [5.41, 5.74) is 10.6. The second kappa shape index (κ2) is 6.59. The van der Waals surface area contributed by atoms with Crippen molar-refractivity contribution in [3.8, 4) is 0 Å². The van der Waals surface area contributed by atoms with E-state index < -0.39 is 24.0 Å². The minimum atomic E-state index is -1.27. The summed E-state index contributed by atoms with van der Waals surface area (Å²) in [6, 6.07) is -1.29. The van der Waals surface area contributed by atoms with Gasteiger partial charge in [-0.05, 0) is 38.3 Å². The summed E-state index contributed by atoms with van der Waals surface area (Å²) in [7, 11) is 0. The molecule has 0 amide bonds. The molecule has 2 unspecified atom stereocenters. The summed E-state index contributed by atoms with van der Waals surface area (Å²) in [6.45, 7) is 3.01. The average Bonchev–Trinajstić information content (AvgIpc) is 2.16. The Balaban J connectivity index is 4.26. The van der Waals surface area contributed by atoms with Gasteiger partial charge in [0, 0.05) is 0 Å². The predicted octanol–water partition coefficient (Wildman–Crippen LogP) is -0.578. The zero-order valence-electron chi connectivity index (χ0n) is 8.76. The Morgan fingerprint density at radius 2 is 1.19 bits per heavy atom. The number of hydrogen-bond donors (Lipinski definition) is 2. The van der Waals surface area contributed by atoms with Gasteiger partial charge in [0.25, 0.3) is 0 Å². The molecule has 0 aliphatic heterocycles. The van der Waals surface area contributed by atoms with Crippen molar-refractivity contribution in [1.29, 1.82) is 0 Å². The number of rotatable bonds is 2. The second-order valence-electron chi connectivity index (χ2n) is 2.99. The van der Waals surface area contributed by atoms with Crippen molar-refractivity contribution in [2.24, 2.45) is 11.5 Å². The van der Waals surface area contributed by atoms with Crippen LogP contribution in [0.5, 0.6) is 0 Å². The zero-order chi connectivity index (χ0) is 12.9. The summed E-state index contributed by atoms with van der Waals surface area (Å²) >= 11 is 9.21. The first-order chi connectivity index (χ1) is 7.25. The normalized spacial score (nSPS) is 13.5. The molecule has 0 heterocycles. The Bertz CT molecular complexity index is 296. The number of thiocarbonyl (C=S) groups is 2. The molecule has 0 aliphatic rings. The smallest absolute Gasteiger partial charge is 0.409 e. The zero-order valence-corrected chi connectivity index (χ0v) is 10.4. The number of carbonyl (C=O) groups is 2. The van der Waals surface area contributed by atoms with Crippen LogP contribution in [0.4, 0.5) is 0 Å². The Labute approximate surface area is 103 Å². The first kappa shape index (κ1) is 15.0. The highest BCUT2D eigenvalue weighted by atomic mass is 32.1. The maximum absolute atomic E-state index is 11.1. The quantitative estimate of drug-likeness (QED) is 0.388. The standard InChI is InChI=1S/C8H12N2O4S2/c1-3(9)7(15)13-5(11)6(12)14-8(16)4(2)10/h3-4H,9-10H2,1-2H3. The van der Waals surface area contributed by atoms with Crippen molar-refractivity contribution < 1.29 is 19.1 Å². The van der Waals surface area contributed by atoms with Crippen molar-refractivity contribution in [3.05, 3.63) is 0 Å². The van der Waals surface area contributed by atoms with E-state index in [0.29, 0.717) is 0 Å². The highest BCUT2D eigenvalue weighted by Gasteiger charge is 2.23. The number of esters is 2. The molecule has 0 bridgehead atoms. The maximum atomic E-state index is 11.1. The fourth-order valence-electron chi connectivity index (χ4n) is 0.452. The molecule has 0 spiro atoms. The van der Waals surface area contributed by atoms with Crippen molar-refractivity contribution in [2.45, 2.75) is 25.9 Å². The van der Waals surface area contributed by atoms with Crippen LogP contribution in [-0.2, 0) is 19.1 Å². The van der Waals surface area contributed by atoms with E-state index in [1.54, 1.807) is 0 Å². The van der Waals surface area contributed by atoms with Gasteiger partial charge in [0.1, 0.15) is 0 Å². The van der Waals surface area contributed by atoms with Gasteiger partial charge in [-0.15, -0.1) is 0 Å². The highest BCUT2D eigenvalue weighted by Crippen LogP contribution is 1.95. The summed E-state index contributed by atoms with van der Waals surface area (Å²) in [4.78, 5) is 22.2. The van der Waals surface area contributed by atoms with Gasteiger partial charge in [-0.2, -0.15) is 0 Å². The number of carbonyl (C=O) groups excluding carboxylic acids is 2. The molecule has 4 N–H and O–H groups in total. The van der Waals surface area contributed by atoms with Gasteiger partial charge in [-0.25, -0.2) is 9.59 Å². The lowest BCUT2D eigenvalue weighted by Gasteiger charge is -2.09. The van der Waals surface area contributed by atoms with Crippen LogP contribution in [-0.4, -0.2) is 34.1 Å². The topological polar surface area (TPSA) is 105 Å². The van der Waals surface area contributed by atoms with Gasteiger partial charge in [0.15, 0.2) is 10.1 Å². The molecule has 0 fully saturated rings. The van der Waals surface area contributed by atoms with E-state index in [-0.39, 0.29) is 10.1 Å². The Morgan fingerprint density at radius 3 is 1.38 bits per heavy atom. The molecule has 0 radical (unpaired) electrons. The maximum Gasteiger partial charge on any atom is 0.423 e. The number of nitrogens with two attached hydrogens (primary N) is 2. The molecule has 0 aliphatic carbocycles. The van der Waals surface area contributed by atoms with Gasteiger partial charge in [0.05, 0.1) is 12.1 Å². The van der Waals surface area contributed by atoms with E-state index in [9.17, 15) is 9.59 Å². The van der Waals surface area contributed by atoms with Gasteiger partial charge < -0.3 is 20.9 Å². The Morgan fingerprint density at radius 1 is 0.938 bits per heavy atom. The fraction of sp³-hybridized carbons (Fsp3) is 0.500. The molecule has 2 atom stereocenters. The van der Waals surface area contributed by atoms with Crippen LogP contribution in [0.1, 0.15) is 13.8 Å². The van der Waals surface area contributed by atoms with Crippen LogP contribution in [0.15, 0.2) is 0 Å². The molecule has 0 aromatic rings. The third-order valence-electron chi connectivity index (χ3n) is 1.30. The molecule has 8 heteroatoms. The number of ether oxygens (including phenoxy) is 2. The van der Waals surface area contributed by atoms with E-state index in [4.69, 9.17) is 11.5 Å². The number of hydrogen-bond acceptors (Lipinski definition) is 8. The molecule has 0 rings (SSSR count). The summed E-state index contributed by atoms with van der Waals surface area (Å²) < 4.78 is 8.89. The first-order valence-electron chi connectivity index (χ1n) is 4.28. The van der Waals surface area contributed by atoms with Crippen molar-refractivity contribution >= 4 is 46.5 Å². The monoisotopic (exact) mass is 264 g/mol. The van der Waals surface area contributed by atoms with Gasteiger partial charge >= 0.3 is 11.9 Å². The van der Waals surface area contributed by atoms with E-state index in [0.717, 1.165) is 0 Å². The molecule has 0 saturated heterocycles. The lowest BCUT2D eigenvalue weighted by molar-refractivity contribution is -0.157. The van der Waals surface area contributed by atoms with Crippen molar-refractivity contribution in [1.82, 2.24) is 0 Å². The lowest BCUT2D eigenvalue weighted by atomic mass is 10.4. The van der Waals surface area contributed by atoms with Gasteiger partial charge in [-0.3, -0.25) is 0 Å². The van der Waals surface area contributed by atoms with Crippen LogP contribution in [0.25, 0.3) is 0 Å². The first-order valence-corrected chi connectivity index (χ1v) is 5.10. The lowest BCUT2D eigenvalue weighted by Crippen LogP contribution is -2.35. The minimum absolute atomic E-state index is 0.200. The third-order valence-corrected chi connectivity index (χ3v) is 2.21. The fourth-order valence-corrected chi connectivity index (χ4v) is 0.603. The van der Waals surface area contributed by atoms with Crippen LogP contribution < -0.4 is 11.5 Å². The molecular weight excluding hydrogens is 252 g/mol. The molecule has 6 nitrogen and oxygen atoms in total. The largest absolute Gasteiger partial charge is 0.423 e. The summed E-state index contributed by atoms with van der Waals surface area (Å²) in [5.74, 6) is -2.55. The summed E-state index contributed by atoms with van der Waals surface area (Å²) in [5, 5.41) is -0.401. The SMILES string of the molecule is CC(N)C(=S)OC(=O)C(=O)OC(=S)C(C)N.